The average Bonchev–Trinajstić information content (AvgIpc) is 2.77. The number of aliphatic hydroxyl groups is 2. The Morgan fingerprint density at radius 1 is 0.971 bits per heavy atom. The Balaban J connectivity index is 1.61. The summed E-state index contributed by atoms with van der Waals surface area (Å²) < 4.78 is 0. The van der Waals surface area contributed by atoms with Crippen molar-refractivity contribution in [2.75, 3.05) is 6.61 Å². The van der Waals surface area contributed by atoms with Crippen molar-refractivity contribution in [1.82, 2.24) is 0 Å². The third-order valence-electron chi connectivity index (χ3n) is 13.4. The lowest BCUT2D eigenvalue weighted by molar-refractivity contribution is -0.207. The van der Waals surface area contributed by atoms with Gasteiger partial charge in [0.25, 0.3) is 0 Å². The molecule has 0 unspecified atom stereocenters. The molecule has 4 heteroatoms. The van der Waals surface area contributed by atoms with Gasteiger partial charge in [0.1, 0.15) is 0 Å². The van der Waals surface area contributed by atoms with Crippen molar-refractivity contribution >= 4 is 5.97 Å². The minimum absolute atomic E-state index is 0.000670. The van der Waals surface area contributed by atoms with Crippen LogP contribution < -0.4 is 0 Å². The maximum atomic E-state index is 12.8. The van der Waals surface area contributed by atoms with Crippen molar-refractivity contribution in [2.45, 2.75) is 105 Å². The first-order valence-corrected chi connectivity index (χ1v) is 14.0. The molecule has 4 fully saturated rings. The number of carbonyl (C=O) groups is 1. The van der Waals surface area contributed by atoms with Crippen LogP contribution in [0.3, 0.4) is 0 Å². The topological polar surface area (TPSA) is 77.8 Å². The van der Waals surface area contributed by atoms with E-state index >= 15 is 0 Å². The smallest absolute Gasteiger partial charge is 0.310 e. The average molecular weight is 473 g/mol. The molecule has 0 bridgehead atoms. The zero-order chi connectivity index (χ0) is 24.9. The third-order valence-corrected chi connectivity index (χ3v) is 13.4. The highest BCUT2D eigenvalue weighted by molar-refractivity contribution is 5.76. The Kier molecular flexibility index (Phi) is 5.52. The zero-order valence-electron chi connectivity index (χ0n) is 22.4. The van der Waals surface area contributed by atoms with Gasteiger partial charge in [0.05, 0.1) is 11.5 Å². The van der Waals surface area contributed by atoms with Gasteiger partial charge in [-0.25, -0.2) is 0 Å². The molecule has 34 heavy (non-hydrogen) atoms. The Hall–Kier alpha value is -0.870. The third kappa shape index (κ3) is 2.82. The number of hydrogen-bond donors (Lipinski definition) is 3. The van der Waals surface area contributed by atoms with Gasteiger partial charge in [0, 0.05) is 6.61 Å². The molecule has 192 valence electrons. The summed E-state index contributed by atoms with van der Waals surface area (Å²) in [6, 6.07) is 0. The highest BCUT2D eigenvalue weighted by Crippen LogP contribution is 2.75. The second kappa shape index (κ2) is 7.57. The minimum Gasteiger partial charge on any atom is -0.481 e. The SMILES string of the molecule is C[C@H]1[C@H](CO)CC[C@]2(C(=O)O)CC[C@]3(C)C(=CC[C@@H]4[C@@]5(C)CC[C@H](O)C(C)(C)[C@H]5CC[C@]43C)[C@H]12. The standard InChI is InChI=1S/C30H48O4/c1-18-19(17-31)9-14-30(25(33)34)16-15-28(5)20(24(18)30)7-8-22-27(4)12-11-23(32)26(2,3)21(27)10-13-29(22,28)6/h7,18-19,21-24,31-32H,8-17H2,1-6H3,(H,33,34)/t18-,19-,21+,22+,23-,24-,27-,28+,29+,30-/m0/s1. The van der Waals surface area contributed by atoms with Gasteiger partial charge in [-0.2, -0.15) is 0 Å². The molecule has 4 nitrogen and oxygen atoms in total. The Bertz CT molecular complexity index is 892. The van der Waals surface area contributed by atoms with Crippen LogP contribution in [0.25, 0.3) is 0 Å². The summed E-state index contributed by atoms with van der Waals surface area (Å²) >= 11 is 0. The summed E-state index contributed by atoms with van der Waals surface area (Å²) in [6.45, 7) is 14.5. The van der Waals surface area contributed by atoms with Gasteiger partial charge in [-0.1, -0.05) is 53.2 Å². The Morgan fingerprint density at radius 3 is 2.32 bits per heavy atom. The number of fused-ring (bicyclic) bond motifs is 7. The fraction of sp³-hybridized carbons (Fsp3) is 0.900. The van der Waals surface area contributed by atoms with E-state index in [1.165, 1.54) is 5.57 Å². The fourth-order valence-electron chi connectivity index (χ4n) is 11.0. The maximum Gasteiger partial charge on any atom is 0.310 e. The molecular formula is C30H48O4. The number of aliphatic hydroxyl groups excluding tert-OH is 2. The minimum atomic E-state index is -0.669. The molecule has 0 aromatic rings. The molecule has 0 heterocycles. The van der Waals surface area contributed by atoms with Crippen molar-refractivity contribution in [1.29, 1.82) is 0 Å². The van der Waals surface area contributed by atoms with E-state index in [9.17, 15) is 20.1 Å². The second-order valence-electron chi connectivity index (χ2n) is 14.4. The molecule has 0 aliphatic heterocycles. The molecule has 5 rings (SSSR count). The summed E-state index contributed by atoms with van der Waals surface area (Å²) in [5.41, 5.74) is 1.03. The number of hydrogen-bond acceptors (Lipinski definition) is 3. The lowest BCUT2D eigenvalue weighted by atomic mass is 9.33. The molecule has 10 atom stereocenters. The van der Waals surface area contributed by atoms with E-state index in [2.05, 4.69) is 47.6 Å². The molecule has 0 spiro atoms. The summed E-state index contributed by atoms with van der Waals surface area (Å²) in [5.74, 6) is 0.882. The van der Waals surface area contributed by atoms with Crippen molar-refractivity contribution in [3.63, 3.8) is 0 Å². The van der Waals surface area contributed by atoms with E-state index in [0.29, 0.717) is 18.3 Å². The summed E-state index contributed by atoms with van der Waals surface area (Å²) in [4.78, 5) is 12.8. The predicted molar refractivity (Wildman–Crippen MR) is 134 cm³/mol. The summed E-state index contributed by atoms with van der Waals surface area (Å²) in [7, 11) is 0. The predicted octanol–water partition coefficient (Wildman–Crippen LogP) is 6.06. The first-order chi connectivity index (χ1) is 15.8. The van der Waals surface area contributed by atoms with E-state index < -0.39 is 11.4 Å². The molecule has 0 aromatic heterocycles. The van der Waals surface area contributed by atoms with Crippen LogP contribution in [0.2, 0.25) is 0 Å². The van der Waals surface area contributed by atoms with E-state index in [0.717, 1.165) is 51.4 Å². The lowest BCUT2D eigenvalue weighted by Crippen LogP contribution is -2.65. The van der Waals surface area contributed by atoms with Crippen LogP contribution in [-0.4, -0.2) is 34.0 Å². The number of allylic oxidation sites excluding steroid dienone is 2. The van der Waals surface area contributed by atoms with Crippen LogP contribution in [0.15, 0.2) is 11.6 Å². The molecule has 5 aliphatic carbocycles. The largest absolute Gasteiger partial charge is 0.481 e. The van der Waals surface area contributed by atoms with Gasteiger partial charge >= 0.3 is 5.97 Å². The molecule has 0 radical (unpaired) electrons. The second-order valence-corrected chi connectivity index (χ2v) is 14.4. The van der Waals surface area contributed by atoms with Crippen molar-refractivity contribution in [3.05, 3.63) is 11.6 Å². The molecular weight excluding hydrogens is 424 g/mol. The maximum absolute atomic E-state index is 12.8. The summed E-state index contributed by atoms with van der Waals surface area (Å²) in [6.07, 6.45) is 10.8. The number of carboxylic acids is 1. The Morgan fingerprint density at radius 2 is 1.68 bits per heavy atom. The normalized spacial score (nSPS) is 54.1. The highest BCUT2D eigenvalue weighted by Gasteiger charge is 2.69. The fourth-order valence-corrected chi connectivity index (χ4v) is 11.0. The molecule has 4 saturated carbocycles. The highest BCUT2D eigenvalue weighted by atomic mass is 16.4. The molecule has 0 aromatic carbocycles. The van der Waals surface area contributed by atoms with Gasteiger partial charge < -0.3 is 15.3 Å². The quantitative estimate of drug-likeness (QED) is 0.427. The van der Waals surface area contributed by atoms with E-state index in [1.54, 1.807) is 0 Å². The van der Waals surface area contributed by atoms with Crippen LogP contribution >= 0.6 is 0 Å². The van der Waals surface area contributed by atoms with Gasteiger partial charge in [-0.3, -0.25) is 4.79 Å². The number of carboxylic acid groups (broad SMARTS) is 1. The monoisotopic (exact) mass is 472 g/mol. The van der Waals surface area contributed by atoms with Gasteiger partial charge in [0.15, 0.2) is 0 Å². The summed E-state index contributed by atoms with van der Waals surface area (Å²) in [5, 5.41) is 31.5. The molecule has 3 N–H and O–H groups in total. The zero-order valence-corrected chi connectivity index (χ0v) is 22.4. The number of rotatable bonds is 2. The van der Waals surface area contributed by atoms with Gasteiger partial charge in [0.2, 0.25) is 0 Å². The van der Waals surface area contributed by atoms with Crippen LogP contribution in [0.5, 0.6) is 0 Å². The van der Waals surface area contributed by atoms with Crippen molar-refractivity contribution < 1.29 is 20.1 Å². The van der Waals surface area contributed by atoms with E-state index in [1.807, 2.05) is 0 Å². The van der Waals surface area contributed by atoms with Gasteiger partial charge in [-0.15, -0.1) is 0 Å². The molecule has 5 aliphatic rings. The van der Waals surface area contributed by atoms with E-state index in [-0.39, 0.29) is 52.1 Å². The van der Waals surface area contributed by atoms with Crippen molar-refractivity contribution in [2.24, 2.45) is 56.7 Å². The first-order valence-electron chi connectivity index (χ1n) is 14.0. The van der Waals surface area contributed by atoms with Crippen LogP contribution in [0.4, 0.5) is 0 Å². The van der Waals surface area contributed by atoms with Gasteiger partial charge in [-0.05, 0) is 109 Å². The lowest BCUT2D eigenvalue weighted by Gasteiger charge is -2.71. The molecule has 0 amide bonds. The Labute approximate surface area is 206 Å². The number of aliphatic carboxylic acids is 1. The molecule has 0 saturated heterocycles. The first kappa shape index (κ1) is 24.8. The van der Waals surface area contributed by atoms with Crippen molar-refractivity contribution in [3.8, 4) is 0 Å². The van der Waals surface area contributed by atoms with Crippen LogP contribution in [-0.2, 0) is 4.79 Å². The van der Waals surface area contributed by atoms with Crippen LogP contribution in [0, 0.1) is 56.7 Å². The van der Waals surface area contributed by atoms with Crippen LogP contribution in [0.1, 0.15) is 99.3 Å². The van der Waals surface area contributed by atoms with E-state index in [4.69, 9.17) is 0 Å².